The first-order chi connectivity index (χ1) is 13.2. The molecule has 0 unspecified atom stereocenters. The van der Waals surface area contributed by atoms with E-state index < -0.39 is 0 Å². The minimum absolute atomic E-state index is 0.178. The highest BCUT2D eigenvalue weighted by Crippen LogP contribution is 2.24. The summed E-state index contributed by atoms with van der Waals surface area (Å²) in [5, 5.41) is 12.9. The van der Waals surface area contributed by atoms with Crippen molar-refractivity contribution < 1.29 is 9.18 Å². The van der Waals surface area contributed by atoms with Gasteiger partial charge in [-0.3, -0.25) is 9.89 Å². The van der Waals surface area contributed by atoms with E-state index in [1.807, 2.05) is 11.6 Å². The number of amides is 1. The lowest BCUT2D eigenvalue weighted by Crippen LogP contribution is -2.41. The van der Waals surface area contributed by atoms with E-state index >= 15 is 0 Å². The lowest BCUT2D eigenvalue weighted by molar-refractivity contribution is 0.0940. The maximum Gasteiger partial charge on any atom is 0.269 e. The topological polar surface area (TPSA) is 73.9 Å². The normalized spacial score (nSPS) is 17.1. The molecule has 1 aromatic carbocycles. The number of aromatic amines is 1. The summed E-state index contributed by atoms with van der Waals surface area (Å²) in [4.78, 5) is 19.1. The molecule has 1 aliphatic rings. The van der Waals surface area contributed by atoms with Crippen LogP contribution in [0, 0.1) is 11.7 Å². The van der Waals surface area contributed by atoms with Gasteiger partial charge in [-0.25, -0.2) is 9.37 Å². The average Bonchev–Trinajstić information content (AvgIpc) is 3.39. The van der Waals surface area contributed by atoms with Crippen molar-refractivity contribution in [3.63, 3.8) is 0 Å². The Labute approximate surface area is 160 Å². The monoisotopic (exact) mass is 385 g/mol. The van der Waals surface area contributed by atoms with Gasteiger partial charge in [0, 0.05) is 36.8 Å². The zero-order valence-electron chi connectivity index (χ0n) is 14.7. The first-order valence-electron chi connectivity index (χ1n) is 8.93. The van der Waals surface area contributed by atoms with Gasteiger partial charge in [0.25, 0.3) is 5.91 Å². The Morgan fingerprint density at radius 2 is 2.22 bits per heavy atom. The zero-order valence-corrected chi connectivity index (χ0v) is 15.5. The van der Waals surface area contributed by atoms with E-state index in [4.69, 9.17) is 0 Å². The number of halogens is 1. The molecule has 3 aromatic rings. The maximum atomic E-state index is 13.0. The van der Waals surface area contributed by atoms with Crippen molar-refractivity contribution in [2.75, 3.05) is 24.5 Å². The third-order valence-corrected chi connectivity index (χ3v) is 5.55. The number of aromatic nitrogens is 3. The summed E-state index contributed by atoms with van der Waals surface area (Å²) in [6.45, 7) is 2.53. The molecule has 2 N–H and O–H groups in total. The predicted octanol–water partition coefficient (Wildman–Crippen LogP) is 3.32. The number of hydrogen-bond acceptors (Lipinski definition) is 5. The number of nitrogens with one attached hydrogen (secondary N) is 2. The number of carbonyl (C=O) groups excluding carboxylic acids is 1. The number of H-pyrrole nitrogens is 1. The first kappa shape index (κ1) is 17.7. The van der Waals surface area contributed by atoms with Gasteiger partial charge in [-0.15, -0.1) is 11.3 Å². The molecule has 1 atom stereocenters. The number of anilines is 1. The molecule has 3 heterocycles. The van der Waals surface area contributed by atoms with Crippen molar-refractivity contribution in [2.45, 2.75) is 12.8 Å². The summed E-state index contributed by atoms with van der Waals surface area (Å²) in [5.74, 6) is -0.0835. The molecule has 1 amide bonds. The number of hydrogen-bond donors (Lipinski definition) is 2. The second-order valence-electron chi connectivity index (χ2n) is 6.65. The molecular formula is C19H20FN5OS. The van der Waals surface area contributed by atoms with Crippen LogP contribution in [0.25, 0.3) is 11.3 Å². The van der Waals surface area contributed by atoms with Crippen molar-refractivity contribution in [3.05, 3.63) is 53.4 Å². The minimum Gasteiger partial charge on any atom is -0.350 e. The van der Waals surface area contributed by atoms with Crippen LogP contribution < -0.4 is 10.2 Å². The quantitative estimate of drug-likeness (QED) is 0.707. The Bertz CT molecular complexity index is 893. The van der Waals surface area contributed by atoms with E-state index in [1.165, 1.54) is 12.1 Å². The van der Waals surface area contributed by atoms with Gasteiger partial charge in [0.1, 0.15) is 11.5 Å². The Balaban J connectivity index is 1.33. The van der Waals surface area contributed by atoms with E-state index in [0.29, 0.717) is 23.9 Å². The molecular weight excluding hydrogens is 365 g/mol. The Morgan fingerprint density at radius 1 is 1.37 bits per heavy atom. The van der Waals surface area contributed by atoms with Gasteiger partial charge in [0.05, 0.1) is 5.69 Å². The fourth-order valence-corrected chi connectivity index (χ4v) is 4.00. The number of thiazole rings is 1. The predicted molar refractivity (Wildman–Crippen MR) is 103 cm³/mol. The number of benzene rings is 1. The van der Waals surface area contributed by atoms with Crippen molar-refractivity contribution in [2.24, 2.45) is 5.92 Å². The summed E-state index contributed by atoms with van der Waals surface area (Å²) < 4.78 is 13.0. The summed E-state index contributed by atoms with van der Waals surface area (Å²) >= 11 is 1.64. The van der Waals surface area contributed by atoms with Crippen LogP contribution in [0.4, 0.5) is 9.52 Å². The summed E-state index contributed by atoms with van der Waals surface area (Å²) in [5.41, 5.74) is 1.78. The van der Waals surface area contributed by atoms with E-state index in [0.717, 1.165) is 36.6 Å². The van der Waals surface area contributed by atoms with Gasteiger partial charge in [0.15, 0.2) is 5.13 Å². The second kappa shape index (κ2) is 7.87. The van der Waals surface area contributed by atoms with E-state index in [-0.39, 0.29) is 11.7 Å². The SMILES string of the molecule is O=C(NC[C@@H]1CCCN(c2nccs2)C1)c1cc(-c2ccc(F)cc2)n[nH]1. The van der Waals surface area contributed by atoms with Crippen molar-refractivity contribution in [1.29, 1.82) is 0 Å². The van der Waals surface area contributed by atoms with Gasteiger partial charge in [-0.2, -0.15) is 5.10 Å². The van der Waals surface area contributed by atoms with Crippen LogP contribution in [0.1, 0.15) is 23.3 Å². The fourth-order valence-electron chi connectivity index (χ4n) is 3.32. The molecule has 0 radical (unpaired) electrons. The van der Waals surface area contributed by atoms with Gasteiger partial charge in [-0.05, 0) is 49.1 Å². The molecule has 27 heavy (non-hydrogen) atoms. The molecule has 140 valence electrons. The van der Waals surface area contributed by atoms with Crippen molar-refractivity contribution in [3.8, 4) is 11.3 Å². The molecule has 0 spiro atoms. The highest BCUT2D eigenvalue weighted by molar-refractivity contribution is 7.13. The minimum atomic E-state index is -0.300. The lowest BCUT2D eigenvalue weighted by Gasteiger charge is -2.32. The summed E-state index contributed by atoms with van der Waals surface area (Å²) in [7, 11) is 0. The highest BCUT2D eigenvalue weighted by atomic mass is 32.1. The number of piperidine rings is 1. The molecule has 0 aliphatic carbocycles. The standard InChI is InChI=1S/C19H20FN5OS/c20-15-5-3-14(4-6-15)16-10-17(24-23-16)18(26)22-11-13-2-1-8-25(12-13)19-21-7-9-27-19/h3-7,9-10,13H,1-2,8,11-12H2,(H,22,26)(H,23,24)/t13-/m0/s1. The summed E-state index contributed by atoms with van der Waals surface area (Å²) in [6.07, 6.45) is 4.01. The van der Waals surface area contributed by atoms with Crippen LogP contribution in [0.3, 0.4) is 0 Å². The van der Waals surface area contributed by atoms with E-state index in [9.17, 15) is 9.18 Å². The van der Waals surface area contributed by atoms with E-state index in [2.05, 4.69) is 25.4 Å². The molecule has 1 aliphatic heterocycles. The zero-order chi connectivity index (χ0) is 18.6. The molecule has 2 aromatic heterocycles. The molecule has 0 bridgehead atoms. The molecule has 1 saturated heterocycles. The van der Waals surface area contributed by atoms with Crippen LogP contribution in [0.15, 0.2) is 41.9 Å². The molecule has 6 nitrogen and oxygen atoms in total. The second-order valence-corrected chi connectivity index (χ2v) is 7.53. The third kappa shape index (κ3) is 4.16. The van der Waals surface area contributed by atoms with Crippen LogP contribution in [-0.2, 0) is 0 Å². The van der Waals surface area contributed by atoms with E-state index in [1.54, 1.807) is 29.5 Å². The number of carbonyl (C=O) groups is 1. The largest absolute Gasteiger partial charge is 0.350 e. The van der Waals surface area contributed by atoms with Gasteiger partial charge in [-0.1, -0.05) is 0 Å². The van der Waals surface area contributed by atoms with Crippen LogP contribution in [0.2, 0.25) is 0 Å². The molecule has 8 heteroatoms. The molecule has 1 fully saturated rings. The smallest absolute Gasteiger partial charge is 0.269 e. The number of rotatable bonds is 5. The van der Waals surface area contributed by atoms with Crippen molar-refractivity contribution >= 4 is 22.4 Å². The Hall–Kier alpha value is -2.74. The van der Waals surface area contributed by atoms with Gasteiger partial charge < -0.3 is 10.2 Å². The highest BCUT2D eigenvalue weighted by Gasteiger charge is 2.22. The molecule has 4 rings (SSSR count). The van der Waals surface area contributed by atoms with Crippen LogP contribution in [0.5, 0.6) is 0 Å². The van der Waals surface area contributed by atoms with Gasteiger partial charge in [0.2, 0.25) is 0 Å². The third-order valence-electron chi connectivity index (χ3n) is 4.72. The van der Waals surface area contributed by atoms with Crippen LogP contribution >= 0.6 is 11.3 Å². The van der Waals surface area contributed by atoms with Gasteiger partial charge >= 0.3 is 0 Å². The molecule has 0 saturated carbocycles. The Kier molecular flexibility index (Phi) is 5.15. The average molecular weight is 385 g/mol. The van der Waals surface area contributed by atoms with Crippen molar-refractivity contribution in [1.82, 2.24) is 20.5 Å². The maximum absolute atomic E-state index is 13.0. The lowest BCUT2D eigenvalue weighted by atomic mass is 9.98. The number of nitrogens with zero attached hydrogens (tertiary/aromatic N) is 3. The Morgan fingerprint density at radius 3 is 3.00 bits per heavy atom. The summed E-state index contributed by atoms with van der Waals surface area (Å²) in [6, 6.07) is 7.72. The first-order valence-corrected chi connectivity index (χ1v) is 9.81. The fraction of sp³-hybridized carbons (Fsp3) is 0.316. The van der Waals surface area contributed by atoms with Crippen LogP contribution in [-0.4, -0.2) is 40.7 Å².